The maximum Gasteiger partial charge on any atom is 0.227 e. The van der Waals surface area contributed by atoms with Crippen LogP contribution in [0.1, 0.15) is 17.6 Å². The quantitative estimate of drug-likeness (QED) is 0.829. The van der Waals surface area contributed by atoms with Crippen molar-refractivity contribution < 1.29 is 14.3 Å². The molecule has 0 aliphatic rings. The first-order valence-corrected chi connectivity index (χ1v) is 4.52. The Morgan fingerprint density at radius 2 is 2.07 bits per heavy atom. The topological polar surface area (TPSA) is 55.5 Å². The molecule has 0 radical (unpaired) electrons. The van der Waals surface area contributed by atoms with E-state index in [1.807, 2.05) is 0 Å². The summed E-state index contributed by atoms with van der Waals surface area (Å²) < 4.78 is 10.0. The maximum atomic E-state index is 9.85. The third kappa shape index (κ3) is 1.99. The summed E-state index contributed by atoms with van der Waals surface area (Å²) in [7, 11) is 1.60. The van der Waals surface area contributed by atoms with Crippen molar-refractivity contribution in [3.8, 4) is 5.75 Å². The highest BCUT2D eigenvalue weighted by Gasteiger charge is 2.14. The van der Waals surface area contributed by atoms with Crippen LogP contribution in [-0.4, -0.2) is 17.2 Å². The monoisotopic (exact) mass is 205 g/mol. The van der Waals surface area contributed by atoms with E-state index in [9.17, 15) is 5.11 Å². The van der Waals surface area contributed by atoms with Crippen LogP contribution in [0.4, 0.5) is 0 Å². The molecular weight excluding hydrogens is 194 g/mol. The van der Waals surface area contributed by atoms with Gasteiger partial charge in [0.05, 0.1) is 13.3 Å². The van der Waals surface area contributed by atoms with E-state index in [1.165, 1.54) is 12.5 Å². The predicted molar refractivity (Wildman–Crippen MR) is 53.6 cm³/mol. The van der Waals surface area contributed by atoms with Gasteiger partial charge in [0.2, 0.25) is 5.89 Å². The van der Waals surface area contributed by atoms with E-state index in [0.717, 1.165) is 11.3 Å². The number of methoxy groups -OCH3 is 1. The highest BCUT2D eigenvalue weighted by Crippen LogP contribution is 2.22. The third-order valence-corrected chi connectivity index (χ3v) is 2.12. The molecule has 1 heterocycles. The fourth-order valence-corrected chi connectivity index (χ4v) is 1.30. The van der Waals surface area contributed by atoms with Crippen molar-refractivity contribution in [1.29, 1.82) is 0 Å². The number of benzene rings is 1. The molecule has 2 aromatic rings. The number of aliphatic hydroxyl groups is 1. The van der Waals surface area contributed by atoms with Crippen LogP contribution in [0.25, 0.3) is 0 Å². The Morgan fingerprint density at radius 3 is 2.60 bits per heavy atom. The molecule has 4 nitrogen and oxygen atoms in total. The second-order valence-electron chi connectivity index (χ2n) is 3.05. The van der Waals surface area contributed by atoms with E-state index >= 15 is 0 Å². The van der Waals surface area contributed by atoms with Gasteiger partial charge in [-0.2, -0.15) is 0 Å². The van der Waals surface area contributed by atoms with Crippen LogP contribution in [0.3, 0.4) is 0 Å². The Bertz CT molecular complexity index is 408. The molecule has 1 aromatic carbocycles. The van der Waals surface area contributed by atoms with Crippen LogP contribution in [0.2, 0.25) is 0 Å². The van der Waals surface area contributed by atoms with Crippen molar-refractivity contribution >= 4 is 0 Å². The van der Waals surface area contributed by atoms with Crippen LogP contribution in [0, 0.1) is 0 Å². The highest BCUT2D eigenvalue weighted by molar-refractivity contribution is 5.30. The van der Waals surface area contributed by atoms with E-state index in [0.29, 0.717) is 5.89 Å². The lowest BCUT2D eigenvalue weighted by molar-refractivity contribution is 0.182. The number of oxazole rings is 1. The second kappa shape index (κ2) is 4.14. The minimum absolute atomic E-state index is 0.292. The summed E-state index contributed by atoms with van der Waals surface area (Å²) in [6.07, 6.45) is 2.11. The lowest BCUT2D eigenvalue weighted by atomic mass is 10.1. The second-order valence-corrected chi connectivity index (χ2v) is 3.05. The molecule has 78 valence electrons. The normalized spacial score (nSPS) is 12.4. The zero-order valence-corrected chi connectivity index (χ0v) is 8.25. The zero-order chi connectivity index (χ0) is 10.7. The highest BCUT2D eigenvalue weighted by atomic mass is 16.5. The first kappa shape index (κ1) is 9.73. The summed E-state index contributed by atoms with van der Waals surface area (Å²) in [6, 6.07) is 7.10. The fourth-order valence-electron chi connectivity index (χ4n) is 1.30. The minimum Gasteiger partial charge on any atom is -0.497 e. The van der Waals surface area contributed by atoms with Gasteiger partial charge in [-0.05, 0) is 17.7 Å². The lowest BCUT2D eigenvalue weighted by Crippen LogP contribution is -1.99. The van der Waals surface area contributed by atoms with E-state index in [4.69, 9.17) is 9.15 Å². The van der Waals surface area contributed by atoms with E-state index < -0.39 is 6.10 Å². The lowest BCUT2D eigenvalue weighted by Gasteiger charge is -2.07. The van der Waals surface area contributed by atoms with Crippen LogP contribution in [0.5, 0.6) is 5.75 Å². The van der Waals surface area contributed by atoms with Crippen molar-refractivity contribution in [2.45, 2.75) is 6.10 Å². The molecule has 15 heavy (non-hydrogen) atoms. The molecule has 4 heteroatoms. The Labute approximate surface area is 87.1 Å². The van der Waals surface area contributed by atoms with Gasteiger partial charge >= 0.3 is 0 Å². The first-order valence-electron chi connectivity index (χ1n) is 4.52. The van der Waals surface area contributed by atoms with E-state index in [2.05, 4.69) is 4.98 Å². The SMILES string of the molecule is COc1ccc(C(O)c2ncco2)cc1. The van der Waals surface area contributed by atoms with Gasteiger partial charge in [0.15, 0.2) is 6.10 Å². The molecule has 0 aliphatic carbocycles. The minimum atomic E-state index is -0.828. The van der Waals surface area contributed by atoms with Crippen molar-refractivity contribution in [3.05, 3.63) is 48.2 Å². The molecule has 0 aliphatic heterocycles. The van der Waals surface area contributed by atoms with Gasteiger partial charge in [-0.3, -0.25) is 0 Å². The number of nitrogens with zero attached hydrogens (tertiary/aromatic N) is 1. The van der Waals surface area contributed by atoms with Gasteiger partial charge in [-0.25, -0.2) is 4.98 Å². The largest absolute Gasteiger partial charge is 0.497 e. The number of ether oxygens (including phenoxy) is 1. The number of aromatic nitrogens is 1. The van der Waals surface area contributed by atoms with Gasteiger partial charge in [0.1, 0.15) is 12.0 Å². The Morgan fingerprint density at radius 1 is 1.33 bits per heavy atom. The summed E-state index contributed by atoms with van der Waals surface area (Å²) in [5, 5.41) is 9.85. The summed E-state index contributed by atoms with van der Waals surface area (Å²) in [5.74, 6) is 1.04. The Kier molecular flexibility index (Phi) is 2.69. The Balaban J connectivity index is 2.22. The molecule has 1 unspecified atom stereocenters. The molecule has 0 amide bonds. The average Bonchev–Trinajstić information content (AvgIpc) is 2.82. The first-order chi connectivity index (χ1) is 7.31. The average molecular weight is 205 g/mol. The Hall–Kier alpha value is -1.81. The molecular formula is C11H11NO3. The summed E-state index contributed by atoms with van der Waals surface area (Å²) >= 11 is 0. The van der Waals surface area contributed by atoms with Crippen LogP contribution in [-0.2, 0) is 0 Å². The maximum absolute atomic E-state index is 9.85. The molecule has 0 saturated heterocycles. The van der Waals surface area contributed by atoms with Gasteiger partial charge in [0, 0.05) is 0 Å². The van der Waals surface area contributed by atoms with Crippen LogP contribution < -0.4 is 4.74 Å². The smallest absolute Gasteiger partial charge is 0.227 e. The van der Waals surface area contributed by atoms with Gasteiger partial charge in [0.25, 0.3) is 0 Å². The summed E-state index contributed by atoms with van der Waals surface area (Å²) in [6.45, 7) is 0. The molecule has 0 spiro atoms. The molecule has 0 saturated carbocycles. The van der Waals surface area contributed by atoms with Gasteiger partial charge in [-0.15, -0.1) is 0 Å². The molecule has 0 bridgehead atoms. The van der Waals surface area contributed by atoms with Crippen LogP contribution >= 0.6 is 0 Å². The molecule has 1 N–H and O–H groups in total. The number of hydrogen-bond donors (Lipinski definition) is 1. The number of rotatable bonds is 3. The van der Waals surface area contributed by atoms with Crippen molar-refractivity contribution in [2.75, 3.05) is 7.11 Å². The zero-order valence-electron chi connectivity index (χ0n) is 8.25. The van der Waals surface area contributed by atoms with Crippen molar-refractivity contribution in [3.63, 3.8) is 0 Å². The van der Waals surface area contributed by atoms with Crippen molar-refractivity contribution in [1.82, 2.24) is 4.98 Å². The fraction of sp³-hybridized carbons (Fsp3) is 0.182. The third-order valence-electron chi connectivity index (χ3n) is 2.12. The number of aliphatic hydroxyl groups excluding tert-OH is 1. The van der Waals surface area contributed by atoms with E-state index in [1.54, 1.807) is 31.4 Å². The van der Waals surface area contributed by atoms with Gasteiger partial charge in [-0.1, -0.05) is 12.1 Å². The molecule has 1 atom stereocenters. The molecule has 0 fully saturated rings. The van der Waals surface area contributed by atoms with Gasteiger partial charge < -0.3 is 14.3 Å². The molecule has 1 aromatic heterocycles. The van der Waals surface area contributed by atoms with Crippen molar-refractivity contribution in [2.24, 2.45) is 0 Å². The predicted octanol–water partition coefficient (Wildman–Crippen LogP) is 1.76. The van der Waals surface area contributed by atoms with Crippen LogP contribution in [0.15, 0.2) is 41.1 Å². The summed E-state index contributed by atoms with van der Waals surface area (Å²) in [4.78, 5) is 3.89. The standard InChI is InChI=1S/C11H11NO3/c1-14-9-4-2-8(3-5-9)10(13)11-12-6-7-15-11/h2-7,10,13H,1H3. The van der Waals surface area contributed by atoms with E-state index in [-0.39, 0.29) is 0 Å². The molecule has 2 rings (SSSR count). The summed E-state index contributed by atoms with van der Waals surface area (Å²) in [5.41, 5.74) is 0.721. The number of hydrogen-bond acceptors (Lipinski definition) is 4.